The lowest BCUT2D eigenvalue weighted by molar-refractivity contribution is 0.563. The number of nitrogens with zero attached hydrogens (tertiary/aromatic N) is 2. The summed E-state index contributed by atoms with van der Waals surface area (Å²) in [6.07, 6.45) is 0.834. The van der Waals surface area contributed by atoms with E-state index in [0.717, 1.165) is 26.4 Å². The van der Waals surface area contributed by atoms with E-state index in [1.165, 1.54) is 17.0 Å². The van der Waals surface area contributed by atoms with Crippen molar-refractivity contribution in [3.63, 3.8) is 0 Å². The summed E-state index contributed by atoms with van der Waals surface area (Å²) in [6, 6.07) is 4.17. The minimum atomic E-state index is 0.149. The topological polar surface area (TPSA) is 29.9 Å². The largest absolute Gasteiger partial charge is 0.313 e. The fraction of sp³-hybridized carbons (Fsp3) is 0.417. The molecule has 1 unspecified atom stereocenters. The van der Waals surface area contributed by atoms with Gasteiger partial charge in [0.05, 0.1) is 14.4 Å². The Balaban J connectivity index is 2.25. The van der Waals surface area contributed by atoms with Crippen molar-refractivity contribution in [3.05, 3.63) is 37.8 Å². The van der Waals surface area contributed by atoms with Gasteiger partial charge in [0.2, 0.25) is 0 Å². The van der Waals surface area contributed by atoms with Crippen LogP contribution in [-0.4, -0.2) is 16.8 Å². The summed E-state index contributed by atoms with van der Waals surface area (Å²) in [6.45, 7) is 1.99. The van der Waals surface area contributed by atoms with Crippen LogP contribution < -0.4 is 5.32 Å². The third kappa shape index (κ3) is 2.88. The highest BCUT2D eigenvalue weighted by molar-refractivity contribution is 7.20. The lowest BCUT2D eigenvalue weighted by Crippen LogP contribution is -2.19. The summed E-state index contributed by atoms with van der Waals surface area (Å²) in [4.78, 5) is 0. The number of aryl methyl sites for hydroxylation is 2. The zero-order chi connectivity index (χ0) is 13.3. The van der Waals surface area contributed by atoms with Gasteiger partial charge < -0.3 is 5.32 Å². The van der Waals surface area contributed by atoms with E-state index in [1.807, 2.05) is 31.8 Å². The SMILES string of the molecule is CNC(Cc1cc(C)nn1C)c1cc(Cl)sc1Cl. The maximum absolute atomic E-state index is 6.20. The van der Waals surface area contributed by atoms with Gasteiger partial charge in [-0.15, -0.1) is 11.3 Å². The second kappa shape index (κ2) is 5.61. The summed E-state index contributed by atoms with van der Waals surface area (Å²) in [5, 5.41) is 7.63. The van der Waals surface area contributed by atoms with E-state index in [4.69, 9.17) is 23.2 Å². The third-order valence-electron chi connectivity index (χ3n) is 2.92. The maximum Gasteiger partial charge on any atom is 0.0992 e. The number of hydrogen-bond acceptors (Lipinski definition) is 3. The molecule has 0 spiro atoms. The van der Waals surface area contributed by atoms with E-state index >= 15 is 0 Å². The predicted octanol–water partition coefficient (Wildman–Crippen LogP) is 3.60. The van der Waals surface area contributed by atoms with Crippen molar-refractivity contribution in [1.29, 1.82) is 0 Å². The van der Waals surface area contributed by atoms with Gasteiger partial charge in [-0.1, -0.05) is 23.2 Å². The van der Waals surface area contributed by atoms with Crippen LogP contribution in [-0.2, 0) is 13.5 Å². The minimum absolute atomic E-state index is 0.149. The molecule has 2 rings (SSSR count). The van der Waals surface area contributed by atoms with Crippen molar-refractivity contribution < 1.29 is 0 Å². The van der Waals surface area contributed by atoms with Crippen LogP contribution in [0.25, 0.3) is 0 Å². The predicted molar refractivity (Wildman–Crippen MR) is 77.8 cm³/mol. The quantitative estimate of drug-likeness (QED) is 0.935. The molecule has 0 aliphatic carbocycles. The van der Waals surface area contributed by atoms with Crippen molar-refractivity contribution in [3.8, 4) is 0 Å². The number of thiophene rings is 1. The summed E-state index contributed by atoms with van der Waals surface area (Å²) in [7, 11) is 3.88. The van der Waals surface area contributed by atoms with Gasteiger partial charge in [0.1, 0.15) is 0 Å². The lowest BCUT2D eigenvalue weighted by atomic mass is 10.1. The first-order valence-corrected chi connectivity index (χ1v) is 7.20. The third-order valence-corrected chi connectivity index (χ3v) is 4.44. The first kappa shape index (κ1) is 13.9. The fourth-order valence-electron chi connectivity index (χ4n) is 2.02. The highest BCUT2D eigenvalue weighted by Crippen LogP contribution is 2.36. The van der Waals surface area contributed by atoms with Crippen molar-refractivity contribution >= 4 is 34.5 Å². The Labute approximate surface area is 121 Å². The molecule has 2 aromatic heterocycles. The normalized spacial score (nSPS) is 12.9. The molecule has 6 heteroatoms. The number of likely N-dealkylation sites (N-methyl/N-ethyl adjacent to an activating group) is 1. The van der Waals surface area contributed by atoms with Crippen molar-refractivity contribution in [2.45, 2.75) is 19.4 Å². The first-order valence-electron chi connectivity index (χ1n) is 5.62. The van der Waals surface area contributed by atoms with Gasteiger partial charge >= 0.3 is 0 Å². The molecule has 2 heterocycles. The van der Waals surface area contributed by atoms with Gasteiger partial charge in [-0.3, -0.25) is 4.68 Å². The Hall–Kier alpha value is -0.550. The van der Waals surface area contributed by atoms with Crippen LogP contribution >= 0.6 is 34.5 Å². The van der Waals surface area contributed by atoms with E-state index < -0.39 is 0 Å². The van der Waals surface area contributed by atoms with Gasteiger partial charge in [0, 0.05) is 30.8 Å². The highest BCUT2D eigenvalue weighted by atomic mass is 35.5. The molecule has 0 radical (unpaired) electrons. The molecule has 0 saturated heterocycles. The molecule has 18 heavy (non-hydrogen) atoms. The van der Waals surface area contributed by atoms with E-state index in [2.05, 4.69) is 16.5 Å². The molecular weight excluding hydrogens is 289 g/mol. The molecule has 2 aromatic rings. The second-order valence-electron chi connectivity index (χ2n) is 4.23. The summed E-state index contributed by atoms with van der Waals surface area (Å²) in [5.74, 6) is 0. The van der Waals surface area contributed by atoms with E-state index in [-0.39, 0.29) is 6.04 Å². The molecule has 0 bridgehead atoms. The molecule has 98 valence electrons. The van der Waals surface area contributed by atoms with Crippen LogP contribution in [0.15, 0.2) is 12.1 Å². The number of aromatic nitrogens is 2. The summed E-state index contributed by atoms with van der Waals surface area (Å²) in [5.41, 5.74) is 3.25. The molecule has 0 aliphatic rings. The van der Waals surface area contributed by atoms with Crippen LogP contribution in [0.5, 0.6) is 0 Å². The Kier molecular flexibility index (Phi) is 4.33. The molecule has 0 amide bonds. The monoisotopic (exact) mass is 303 g/mol. The Morgan fingerprint density at radius 3 is 2.61 bits per heavy atom. The van der Waals surface area contributed by atoms with Gasteiger partial charge in [0.25, 0.3) is 0 Å². The number of nitrogens with one attached hydrogen (secondary N) is 1. The van der Waals surface area contributed by atoms with Crippen molar-refractivity contribution in [2.75, 3.05) is 7.05 Å². The maximum atomic E-state index is 6.20. The zero-order valence-electron chi connectivity index (χ0n) is 10.5. The summed E-state index contributed by atoms with van der Waals surface area (Å²) < 4.78 is 3.37. The van der Waals surface area contributed by atoms with Gasteiger partial charge in [-0.25, -0.2) is 0 Å². The number of halogens is 2. The average Bonchev–Trinajstić information content (AvgIpc) is 2.78. The van der Waals surface area contributed by atoms with Crippen LogP contribution in [0.2, 0.25) is 8.67 Å². The Bertz CT molecular complexity index is 548. The molecule has 0 aliphatic heterocycles. The smallest absolute Gasteiger partial charge is 0.0992 e. The van der Waals surface area contributed by atoms with Gasteiger partial charge in [-0.05, 0) is 26.1 Å². The molecule has 0 saturated carbocycles. The molecular formula is C12H15Cl2N3S. The molecule has 3 nitrogen and oxygen atoms in total. The lowest BCUT2D eigenvalue weighted by Gasteiger charge is -2.15. The number of hydrogen-bond donors (Lipinski definition) is 1. The Morgan fingerprint density at radius 2 is 2.17 bits per heavy atom. The number of rotatable bonds is 4. The molecule has 1 atom stereocenters. The van der Waals surface area contributed by atoms with Crippen LogP contribution in [0, 0.1) is 6.92 Å². The van der Waals surface area contributed by atoms with E-state index in [9.17, 15) is 0 Å². The first-order chi connectivity index (χ1) is 8.51. The van der Waals surface area contributed by atoms with Crippen LogP contribution in [0.3, 0.4) is 0 Å². The highest BCUT2D eigenvalue weighted by Gasteiger charge is 2.18. The average molecular weight is 304 g/mol. The van der Waals surface area contributed by atoms with Gasteiger partial charge in [-0.2, -0.15) is 5.10 Å². The summed E-state index contributed by atoms with van der Waals surface area (Å²) >= 11 is 13.6. The van der Waals surface area contributed by atoms with Crippen LogP contribution in [0.1, 0.15) is 23.0 Å². The van der Waals surface area contributed by atoms with Crippen molar-refractivity contribution in [1.82, 2.24) is 15.1 Å². The Morgan fingerprint density at radius 1 is 1.44 bits per heavy atom. The van der Waals surface area contributed by atoms with Crippen molar-refractivity contribution in [2.24, 2.45) is 7.05 Å². The molecule has 1 N–H and O–H groups in total. The standard InChI is InChI=1S/C12H15Cl2N3S/c1-7-4-8(17(3)16-7)5-10(15-2)9-6-11(13)18-12(9)14/h4,6,10,15H,5H2,1-3H3. The van der Waals surface area contributed by atoms with Gasteiger partial charge in [0.15, 0.2) is 0 Å². The van der Waals surface area contributed by atoms with E-state index in [0.29, 0.717) is 0 Å². The van der Waals surface area contributed by atoms with E-state index in [1.54, 1.807) is 0 Å². The molecule has 0 aromatic carbocycles. The zero-order valence-corrected chi connectivity index (χ0v) is 12.8. The minimum Gasteiger partial charge on any atom is -0.313 e. The van der Waals surface area contributed by atoms with Crippen LogP contribution in [0.4, 0.5) is 0 Å². The second-order valence-corrected chi connectivity index (χ2v) is 6.51. The fourth-order valence-corrected chi connectivity index (χ4v) is 3.60. The molecule has 0 fully saturated rings.